The molecule has 0 saturated carbocycles. The van der Waals surface area contributed by atoms with Crippen LogP contribution in [0.5, 0.6) is 11.5 Å². The number of nitrogens with zero attached hydrogens (tertiary/aromatic N) is 3. The summed E-state index contributed by atoms with van der Waals surface area (Å²) >= 11 is 3.25. The number of hydrogen-bond donors (Lipinski definition) is 0. The minimum atomic E-state index is 0.471. The molecular weight excluding hydrogens is 414 g/mol. The van der Waals surface area contributed by atoms with Crippen LogP contribution in [0.1, 0.15) is 11.1 Å². The van der Waals surface area contributed by atoms with Crippen molar-refractivity contribution in [3.8, 4) is 22.1 Å². The van der Waals surface area contributed by atoms with Gasteiger partial charge in [0, 0.05) is 12.4 Å². The van der Waals surface area contributed by atoms with Crippen molar-refractivity contribution in [3.05, 3.63) is 87.4 Å². The van der Waals surface area contributed by atoms with Crippen molar-refractivity contribution in [2.24, 2.45) is 10.1 Å². The quantitative estimate of drug-likeness (QED) is 0.371. The normalized spacial score (nSPS) is 11.9. The van der Waals surface area contributed by atoms with Crippen molar-refractivity contribution in [2.75, 3.05) is 14.2 Å². The summed E-state index contributed by atoms with van der Waals surface area (Å²) in [5.41, 5.74) is 3.04. The van der Waals surface area contributed by atoms with E-state index in [1.165, 1.54) is 0 Å². The van der Waals surface area contributed by atoms with E-state index in [0.717, 1.165) is 26.5 Å². The number of rotatable bonds is 7. The van der Waals surface area contributed by atoms with Gasteiger partial charge in [0.15, 0.2) is 11.5 Å². The molecule has 5 nitrogen and oxygen atoms in total. The Morgan fingerprint density at radius 2 is 1.87 bits per heavy atom. The van der Waals surface area contributed by atoms with Crippen LogP contribution in [-0.2, 0) is 6.61 Å². The summed E-state index contributed by atoms with van der Waals surface area (Å²) in [5, 5.41) is 8.83. The van der Waals surface area contributed by atoms with Crippen molar-refractivity contribution in [2.45, 2.75) is 6.61 Å². The van der Waals surface area contributed by atoms with Crippen molar-refractivity contribution in [3.63, 3.8) is 0 Å². The summed E-state index contributed by atoms with van der Waals surface area (Å²) in [7, 11) is 3.42. The highest BCUT2D eigenvalue weighted by Gasteiger charge is 2.09. The lowest BCUT2D eigenvalue weighted by Gasteiger charge is -2.11. The van der Waals surface area contributed by atoms with Gasteiger partial charge in [-0.3, -0.25) is 4.99 Å². The Bertz CT molecular complexity index is 1190. The predicted molar refractivity (Wildman–Crippen MR) is 124 cm³/mol. The highest BCUT2D eigenvalue weighted by molar-refractivity contribution is 7.14. The largest absolute Gasteiger partial charge is 0.493 e. The molecule has 0 saturated heterocycles. The van der Waals surface area contributed by atoms with Gasteiger partial charge in [0.25, 0.3) is 0 Å². The zero-order valence-corrected chi connectivity index (χ0v) is 18.3. The molecule has 0 unspecified atom stereocenters. The van der Waals surface area contributed by atoms with Gasteiger partial charge in [-0.2, -0.15) is 5.10 Å². The molecule has 0 bridgehead atoms. The lowest BCUT2D eigenvalue weighted by atomic mass is 10.2. The van der Waals surface area contributed by atoms with Crippen LogP contribution in [0, 0.1) is 0 Å². The molecule has 30 heavy (non-hydrogen) atoms. The van der Waals surface area contributed by atoms with Crippen LogP contribution in [0.25, 0.3) is 10.6 Å². The van der Waals surface area contributed by atoms with Crippen molar-refractivity contribution in [1.29, 1.82) is 0 Å². The molecule has 4 rings (SSSR count). The van der Waals surface area contributed by atoms with Crippen molar-refractivity contribution >= 4 is 28.9 Å². The number of thiophene rings is 1. The number of hydrogen-bond acceptors (Lipinski definition) is 6. The summed E-state index contributed by atoms with van der Waals surface area (Å²) in [5.74, 6) is 1.37. The van der Waals surface area contributed by atoms with E-state index in [1.807, 2.05) is 65.5 Å². The van der Waals surface area contributed by atoms with Crippen LogP contribution in [0.3, 0.4) is 0 Å². The third-order valence-corrected chi connectivity index (χ3v) is 6.20. The molecule has 0 aliphatic heterocycles. The van der Waals surface area contributed by atoms with Gasteiger partial charge in [-0.15, -0.1) is 22.7 Å². The number of ether oxygens (including phenoxy) is 2. The molecule has 0 N–H and O–H groups in total. The summed E-state index contributed by atoms with van der Waals surface area (Å²) in [6, 6.07) is 20.0. The molecule has 0 aliphatic rings. The molecule has 2 heterocycles. The molecule has 152 valence electrons. The SMILES string of the molecule is CN=c1scc(-c2cccs2)n1N=Cc1ccc(OC)c(OCc2ccccc2)c1. The first-order valence-electron chi connectivity index (χ1n) is 9.35. The molecule has 0 fully saturated rings. The summed E-state index contributed by atoms with van der Waals surface area (Å²) in [6.07, 6.45) is 1.81. The number of thiazole rings is 1. The van der Waals surface area contributed by atoms with Gasteiger partial charge in [-0.05, 0) is 40.8 Å². The Kier molecular flexibility index (Phi) is 6.41. The second kappa shape index (κ2) is 9.56. The molecule has 0 atom stereocenters. The van der Waals surface area contributed by atoms with Crippen molar-refractivity contribution in [1.82, 2.24) is 4.68 Å². The van der Waals surface area contributed by atoms with Crippen LogP contribution >= 0.6 is 22.7 Å². The average molecular weight is 436 g/mol. The molecule has 2 aromatic heterocycles. The van der Waals surface area contributed by atoms with Gasteiger partial charge >= 0.3 is 0 Å². The number of aromatic nitrogens is 1. The van der Waals surface area contributed by atoms with Gasteiger partial charge in [0.2, 0.25) is 4.80 Å². The third-order valence-electron chi connectivity index (χ3n) is 4.40. The van der Waals surface area contributed by atoms with Crippen LogP contribution in [0.2, 0.25) is 0 Å². The van der Waals surface area contributed by atoms with Crippen LogP contribution in [-0.4, -0.2) is 25.0 Å². The van der Waals surface area contributed by atoms with E-state index >= 15 is 0 Å². The second-order valence-corrected chi connectivity index (χ2v) is 8.13. The Labute approximate surface area is 183 Å². The van der Waals surface area contributed by atoms with Gasteiger partial charge in [0.05, 0.1) is 23.9 Å². The van der Waals surface area contributed by atoms with Gasteiger partial charge in [-0.1, -0.05) is 36.4 Å². The Morgan fingerprint density at radius 3 is 2.60 bits per heavy atom. The Balaban J connectivity index is 1.61. The molecule has 2 aromatic carbocycles. The summed E-state index contributed by atoms with van der Waals surface area (Å²) in [4.78, 5) is 6.34. The molecule has 0 amide bonds. The predicted octanol–water partition coefficient (Wildman–Crippen LogP) is 5.28. The number of benzene rings is 2. The smallest absolute Gasteiger partial charge is 0.205 e. The summed E-state index contributed by atoms with van der Waals surface area (Å²) in [6.45, 7) is 0.471. The maximum atomic E-state index is 6.01. The highest BCUT2D eigenvalue weighted by atomic mass is 32.1. The van der Waals surface area contributed by atoms with Gasteiger partial charge < -0.3 is 9.47 Å². The fourth-order valence-electron chi connectivity index (χ4n) is 2.90. The fraction of sp³-hybridized carbons (Fsp3) is 0.130. The van der Waals surface area contributed by atoms with E-state index in [4.69, 9.17) is 14.6 Å². The monoisotopic (exact) mass is 435 g/mol. The highest BCUT2D eigenvalue weighted by Crippen LogP contribution is 2.29. The molecule has 7 heteroatoms. The molecule has 0 radical (unpaired) electrons. The van der Waals surface area contributed by atoms with Gasteiger partial charge in [0.1, 0.15) is 6.61 Å². The van der Waals surface area contributed by atoms with E-state index in [9.17, 15) is 0 Å². The van der Waals surface area contributed by atoms with E-state index in [2.05, 4.69) is 21.8 Å². The lowest BCUT2D eigenvalue weighted by Crippen LogP contribution is -2.11. The van der Waals surface area contributed by atoms with E-state index in [0.29, 0.717) is 18.1 Å². The molecule has 4 aromatic rings. The molecular formula is C23H21N3O2S2. The fourth-order valence-corrected chi connectivity index (χ4v) is 4.50. The minimum Gasteiger partial charge on any atom is -0.493 e. The van der Waals surface area contributed by atoms with E-state index < -0.39 is 0 Å². The average Bonchev–Trinajstić information content (AvgIpc) is 3.46. The van der Waals surface area contributed by atoms with E-state index in [-0.39, 0.29) is 0 Å². The van der Waals surface area contributed by atoms with Crippen LogP contribution in [0.4, 0.5) is 0 Å². The lowest BCUT2D eigenvalue weighted by molar-refractivity contribution is 0.284. The first-order chi connectivity index (χ1) is 14.8. The first kappa shape index (κ1) is 20.1. The van der Waals surface area contributed by atoms with E-state index in [1.54, 1.807) is 36.8 Å². The van der Waals surface area contributed by atoms with Crippen LogP contribution < -0.4 is 14.3 Å². The Morgan fingerprint density at radius 1 is 1.00 bits per heavy atom. The standard InChI is InChI=1S/C23H21N3O2S2/c1-24-23-26(19(16-30-23)22-9-6-12-29-22)25-14-18-10-11-20(27-2)21(13-18)28-15-17-7-4-3-5-8-17/h3-14,16H,15H2,1-2H3. The minimum absolute atomic E-state index is 0.471. The maximum absolute atomic E-state index is 6.01. The van der Waals surface area contributed by atoms with Crippen LogP contribution in [0.15, 0.2) is 81.5 Å². The number of methoxy groups -OCH3 is 1. The second-order valence-electron chi connectivity index (χ2n) is 6.35. The Hall–Kier alpha value is -3.16. The van der Waals surface area contributed by atoms with Gasteiger partial charge in [-0.25, -0.2) is 4.68 Å². The molecule has 0 aliphatic carbocycles. The first-order valence-corrected chi connectivity index (χ1v) is 11.1. The summed E-state index contributed by atoms with van der Waals surface area (Å²) < 4.78 is 13.3. The zero-order chi connectivity index (χ0) is 20.8. The maximum Gasteiger partial charge on any atom is 0.205 e. The van der Waals surface area contributed by atoms with Crippen molar-refractivity contribution < 1.29 is 9.47 Å². The molecule has 0 spiro atoms. The topological polar surface area (TPSA) is 48.1 Å². The zero-order valence-electron chi connectivity index (χ0n) is 16.7. The third kappa shape index (κ3) is 4.53.